The Morgan fingerprint density at radius 2 is 2.11 bits per heavy atom. The van der Waals surface area contributed by atoms with Gasteiger partial charge in [0.2, 0.25) is 0 Å². The summed E-state index contributed by atoms with van der Waals surface area (Å²) in [6, 6.07) is 16.6. The third-order valence-corrected chi connectivity index (χ3v) is 4.45. The Kier molecular flexibility index (Phi) is 5.16. The van der Waals surface area contributed by atoms with Crippen LogP contribution in [0.5, 0.6) is 5.75 Å². The standard InChI is InChI=1S/C21H21N3O3/c25-21(16-7-9-18(10-8-16)24-12-3-11-22-24)23-17-4-1-5-19(14-17)27-15-20-6-2-13-26-20/h1,3-5,7-12,14,20H,2,6,13,15H2,(H,23,25). The number of hydrogen-bond donors (Lipinski definition) is 1. The second kappa shape index (κ2) is 8.05. The van der Waals surface area contributed by atoms with Gasteiger partial charge in [-0.25, -0.2) is 4.68 Å². The molecule has 6 heteroatoms. The first kappa shape index (κ1) is 17.3. The fourth-order valence-corrected chi connectivity index (χ4v) is 3.02. The molecule has 1 aromatic heterocycles. The highest BCUT2D eigenvalue weighted by Crippen LogP contribution is 2.20. The number of ether oxygens (including phenoxy) is 2. The lowest BCUT2D eigenvalue weighted by Gasteiger charge is -2.12. The van der Waals surface area contributed by atoms with Gasteiger partial charge in [-0.1, -0.05) is 6.07 Å². The Hall–Kier alpha value is -3.12. The third kappa shape index (κ3) is 4.35. The van der Waals surface area contributed by atoms with Gasteiger partial charge >= 0.3 is 0 Å². The molecule has 0 bridgehead atoms. The van der Waals surface area contributed by atoms with E-state index in [0.717, 1.165) is 30.9 Å². The van der Waals surface area contributed by atoms with Crippen molar-refractivity contribution in [3.05, 3.63) is 72.6 Å². The number of hydrogen-bond acceptors (Lipinski definition) is 4. The van der Waals surface area contributed by atoms with Gasteiger partial charge in [0, 0.05) is 36.3 Å². The molecule has 2 aromatic carbocycles. The van der Waals surface area contributed by atoms with E-state index in [0.29, 0.717) is 17.9 Å². The van der Waals surface area contributed by atoms with E-state index < -0.39 is 0 Å². The molecule has 0 spiro atoms. The summed E-state index contributed by atoms with van der Waals surface area (Å²) in [5.41, 5.74) is 2.18. The van der Waals surface area contributed by atoms with Crippen LogP contribution >= 0.6 is 0 Å². The van der Waals surface area contributed by atoms with Gasteiger partial charge in [-0.05, 0) is 55.3 Å². The first-order valence-corrected chi connectivity index (χ1v) is 9.04. The lowest BCUT2D eigenvalue weighted by Crippen LogP contribution is -2.16. The maximum Gasteiger partial charge on any atom is 0.255 e. The average Bonchev–Trinajstić information content (AvgIpc) is 3.41. The molecule has 1 unspecified atom stereocenters. The fourth-order valence-electron chi connectivity index (χ4n) is 3.02. The minimum atomic E-state index is -0.168. The van der Waals surface area contributed by atoms with E-state index >= 15 is 0 Å². The fraction of sp³-hybridized carbons (Fsp3) is 0.238. The molecule has 1 N–H and O–H groups in total. The van der Waals surface area contributed by atoms with Crippen LogP contribution in [0.4, 0.5) is 5.69 Å². The molecule has 0 radical (unpaired) electrons. The maximum atomic E-state index is 12.5. The summed E-state index contributed by atoms with van der Waals surface area (Å²) < 4.78 is 13.1. The topological polar surface area (TPSA) is 65.4 Å². The average molecular weight is 363 g/mol. The number of amides is 1. The molecule has 6 nitrogen and oxygen atoms in total. The van der Waals surface area contributed by atoms with Crippen LogP contribution in [-0.4, -0.2) is 35.0 Å². The Bertz CT molecular complexity index is 885. The molecule has 0 aliphatic carbocycles. The number of rotatable bonds is 6. The maximum absolute atomic E-state index is 12.5. The number of nitrogens with zero attached hydrogens (tertiary/aromatic N) is 2. The predicted octanol–water partition coefficient (Wildman–Crippen LogP) is 3.68. The zero-order chi connectivity index (χ0) is 18.5. The SMILES string of the molecule is O=C(Nc1cccc(OCC2CCCO2)c1)c1ccc(-n2cccn2)cc1. The summed E-state index contributed by atoms with van der Waals surface area (Å²) in [5.74, 6) is 0.552. The monoisotopic (exact) mass is 363 g/mol. The van der Waals surface area contributed by atoms with E-state index in [9.17, 15) is 4.79 Å². The molecule has 2 heterocycles. The molecule has 3 aromatic rings. The number of benzene rings is 2. The molecule has 0 saturated carbocycles. The first-order chi connectivity index (χ1) is 13.3. The summed E-state index contributed by atoms with van der Waals surface area (Å²) in [6.07, 6.45) is 5.86. The van der Waals surface area contributed by atoms with Crippen molar-refractivity contribution in [2.45, 2.75) is 18.9 Å². The lowest BCUT2D eigenvalue weighted by molar-refractivity contribution is 0.0680. The number of anilines is 1. The van der Waals surface area contributed by atoms with Gasteiger partial charge in [-0.2, -0.15) is 5.10 Å². The highest BCUT2D eigenvalue weighted by Gasteiger charge is 2.16. The van der Waals surface area contributed by atoms with Crippen molar-refractivity contribution in [2.75, 3.05) is 18.5 Å². The summed E-state index contributed by atoms with van der Waals surface area (Å²) in [4.78, 5) is 12.5. The van der Waals surface area contributed by atoms with Gasteiger partial charge in [0.25, 0.3) is 5.91 Å². The number of carbonyl (C=O) groups excluding carboxylic acids is 1. The molecule has 1 amide bonds. The highest BCUT2D eigenvalue weighted by molar-refractivity contribution is 6.04. The molecule has 27 heavy (non-hydrogen) atoms. The molecular weight excluding hydrogens is 342 g/mol. The zero-order valence-electron chi connectivity index (χ0n) is 14.9. The van der Waals surface area contributed by atoms with Crippen molar-refractivity contribution < 1.29 is 14.3 Å². The van der Waals surface area contributed by atoms with Crippen LogP contribution in [0.2, 0.25) is 0 Å². The minimum Gasteiger partial charge on any atom is -0.491 e. The van der Waals surface area contributed by atoms with Crippen molar-refractivity contribution in [1.82, 2.24) is 9.78 Å². The van der Waals surface area contributed by atoms with Crippen LogP contribution in [0, 0.1) is 0 Å². The van der Waals surface area contributed by atoms with Crippen LogP contribution in [0.1, 0.15) is 23.2 Å². The van der Waals surface area contributed by atoms with E-state index in [1.165, 1.54) is 0 Å². The minimum absolute atomic E-state index is 0.163. The third-order valence-electron chi connectivity index (χ3n) is 4.45. The molecule has 1 aliphatic heterocycles. The van der Waals surface area contributed by atoms with Gasteiger partial charge in [0.15, 0.2) is 0 Å². The van der Waals surface area contributed by atoms with Gasteiger partial charge < -0.3 is 14.8 Å². The quantitative estimate of drug-likeness (QED) is 0.725. The summed E-state index contributed by atoms with van der Waals surface area (Å²) in [5, 5.41) is 7.09. The first-order valence-electron chi connectivity index (χ1n) is 9.04. The molecule has 4 rings (SSSR count). The van der Waals surface area contributed by atoms with Crippen molar-refractivity contribution in [2.24, 2.45) is 0 Å². The van der Waals surface area contributed by atoms with Gasteiger partial charge in [0.05, 0.1) is 11.8 Å². The molecule has 1 saturated heterocycles. The molecular formula is C21H21N3O3. The van der Waals surface area contributed by atoms with Gasteiger partial charge in [-0.15, -0.1) is 0 Å². The number of carbonyl (C=O) groups is 1. The Labute approximate surface area is 157 Å². The van der Waals surface area contributed by atoms with E-state index in [1.54, 1.807) is 23.0 Å². The van der Waals surface area contributed by atoms with Crippen LogP contribution in [0.3, 0.4) is 0 Å². The predicted molar refractivity (Wildman–Crippen MR) is 102 cm³/mol. The van der Waals surface area contributed by atoms with Crippen molar-refractivity contribution >= 4 is 11.6 Å². The van der Waals surface area contributed by atoms with E-state index in [1.807, 2.05) is 48.7 Å². The molecule has 1 aliphatic rings. The number of nitrogens with one attached hydrogen (secondary N) is 1. The van der Waals surface area contributed by atoms with Crippen molar-refractivity contribution in [3.8, 4) is 11.4 Å². The lowest BCUT2D eigenvalue weighted by atomic mass is 10.2. The van der Waals surface area contributed by atoms with Crippen LogP contribution in [0.15, 0.2) is 67.0 Å². The van der Waals surface area contributed by atoms with E-state index in [4.69, 9.17) is 9.47 Å². The smallest absolute Gasteiger partial charge is 0.255 e. The second-order valence-corrected chi connectivity index (χ2v) is 6.43. The van der Waals surface area contributed by atoms with Crippen LogP contribution < -0.4 is 10.1 Å². The number of aromatic nitrogens is 2. The Morgan fingerprint density at radius 1 is 1.22 bits per heavy atom. The molecule has 138 valence electrons. The summed E-state index contributed by atoms with van der Waals surface area (Å²) in [7, 11) is 0. The van der Waals surface area contributed by atoms with Crippen molar-refractivity contribution in [3.63, 3.8) is 0 Å². The van der Waals surface area contributed by atoms with Crippen molar-refractivity contribution in [1.29, 1.82) is 0 Å². The van der Waals surface area contributed by atoms with Gasteiger partial charge in [0.1, 0.15) is 12.4 Å². The Morgan fingerprint density at radius 3 is 2.85 bits per heavy atom. The van der Waals surface area contributed by atoms with E-state index in [-0.39, 0.29) is 12.0 Å². The summed E-state index contributed by atoms with van der Waals surface area (Å²) >= 11 is 0. The second-order valence-electron chi connectivity index (χ2n) is 6.43. The van der Waals surface area contributed by atoms with Gasteiger partial charge in [-0.3, -0.25) is 4.79 Å². The normalized spacial score (nSPS) is 16.2. The molecule has 1 fully saturated rings. The molecule has 1 atom stereocenters. The van der Waals surface area contributed by atoms with Crippen LogP contribution in [0.25, 0.3) is 5.69 Å². The van der Waals surface area contributed by atoms with E-state index in [2.05, 4.69) is 10.4 Å². The van der Waals surface area contributed by atoms with Crippen LogP contribution in [-0.2, 0) is 4.74 Å². The Balaban J connectivity index is 1.38. The largest absolute Gasteiger partial charge is 0.491 e. The highest BCUT2D eigenvalue weighted by atomic mass is 16.5. The summed E-state index contributed by atoms with van der Waals surface area (Å²) in [6.45, 7) is 1.34. The zero-order valence-corrected chi connectivity index (χ0v) is 14.9.